The summed E-state index contributed by atoms with van der Waals surface area (Å²) in [5.74, 6) is -3.67. The second-order valence-corrected chi connectivity index (χ2v) is 7.97. The van der Waals surface area contributed by atoms with Crippen LogP contribution in [0.4, 0.5) is 14.5 Å². The second-order valence-electron chi connectivity index (χ2n) is 7.97. The van der Waals surface area contributed by atoms with E-state index >= 15 is 0 Å². The molecule has 1 amide bonds. The molecule has 0 aliphatic rings. The molecule has 36 heavy (non-hydrogen) atoms. The molecule has 2 aromatic carbocycles. The minimum absolute atomic E-state index is 0.441. The van der Waals surface area contributed by atoms with Gasteiger partial charge in [-0.3, -0.25) is 19.6 Å². The Morgan fingerprint density at radius 1 is 1.06 bits per heavy atom. The zero-order valence-electron chi connectivity index (χ0n) is 21.0. The van der Waals surface area contributed by atoms with E-state index in [1.807, 2.05) is 18.3 Å². The van der Waals surface area contributed by atoms with Gasteiger partial charge in [-0.25, -0.2) is 8.78 Å². The van der Waals surface area contributed by atoms with Gasteiger partial charge in [-0.05, 0) is 63.2 Å². The highest BCUT2D eigenvalue weighted by Crippen LogP contribution is 2.36. The van der Waals surface area contributed by atoms with E-state index in [2.05, 4.69) is 62.0 Å². The van der Waals surface area contributed by atoms with Gasteiger partial charge in [0, 0.05) is 16.8 Å². The molecule has 0 saturated heterocycles. The lowest BCUT2D eigenvalue weighted by atomic mass is 9.96. The van der Waals surface area contributed by atoms with Crippen molar-refractivity contribution >= 4 is 30.4 Å². The van der Waals surface area contributed by atoms with E-state index in [9.17, 15) is 18.4 Å². The number of ether oxygens (including phenoxy) is 1. The number of aliphatic imine (C=N–C) groups is 1. The van der Waals surface area contributed by atoms with Crippen molar-refractivity contribution in [1.29, 1.82) is 0 Å². The van der Waals surface area contributed by atoms with Crippen LogP contribution in [0.2, 0.25) is 0 Å². The number of hydrogen-bond donors (Lipinski definition) is 1. The molecule has 3 aromatic rings. The third kappa shape index (κ3) is 6.47. The summed E-state index contributed by atoms with van der Waals surface area (Å²) in [7, 11) is 1.14. The lowest BCUT2D eigenvalue weighted by Gasteiger charge is -2.14. The number of halogens is 2. The summed E-state index contributed by atoms with van der Waals surface area (Å²) < 4.78 is 30.4. The smallest absolute Gasteiger partial charge is 0.325 e. The minimum atomic E-state index is -0.999. The Labute approximate surface area is 209 Å². The van der Waals surface area contributed by atoms with Crippen molar-refractivity contribution in [3.8, 4) is 11.3 Å². The number of esters is 1. The first-order valence-electron chi connectivity index (χ1n) is 11.0. The molecule has 0 saturated carbocycles. The van der Waals surface area contributed by atoms with Crippen molar-refractivity contribution in [3.63, 3.8) is 0 Å². The molecule has 0 fully saturated rings. The van der Waals surface area contributed by atoms with Crippen molar-refractivity contribution < 1.29 is 23.1 Å². The van der Waals surface area contributed by atoms with Crippen molar-refractivity contribution in [1.82, 2.24) is 10.3 Å². The highest BCUT2D eigenvalue weighted by atomic mass is 19.1. The standard InChI is InChI=1S/C18H20N2.C10H9F2NO3/c1-7-15-11(2)8-9-16(18(15)19-6)17-13(4)10-12(3)14(5)20-17;1-16-8(14)5-13-10(15)9-6(11)3-2-4-7(9)12/h7-10H,1,6H2,2-5H3;2-4H,5H2,1H3,(H,13,15). The Morgan fingerprint density at radius 2 is 1.69 bits per heavy atom. The van der Waals surface area contributed by atoms with Crippen molar-refractivity contribution in [2.24, 2.45) is 4.99 Å². The summed E-state index contributed by atoms with van der Waals surface area (Å²) in [4.78, 5) is 30.9. The zero-order valence-corrected chi connectivity index (χ0v) is 21.0. The number of aryl methyl sites for hydroxylation is 4. The number of hydrogen-bond acceptors (Lipinski definition) is 5. The average Bonchev–Trinajstić information content (AvgIpc) is 2.84. The number of rotatable bonds is 6. The molecule has 1 heterocycles. The van der Waals surface area contributed by atoms with Crippen LogP contribution in [0.1, 0.15) is 38.3 Å². The number of aromatic nitrogens is 1. The van der Waals surface area contributed by atoms with Gasteiger partial charge in [0.2, 0.25) is 0 Å². The van der Waals surface area contributed by atoms with Crippen LogP contribution in [0.25, 0.3) is 17.3 Å². The fourth-order valence-electron chi connectivity index (χ4n) is 3.47. The number of methoxy groups -OCH3 is 1. The summed E-state index contributed by atoms with van der Waals surface area (Å²) in [6.45, 7) is 15.4. The lowest BCUT2D eigenvalue weighted by Crippen LogP contribution is -2.31. The van der Waals surface area contributed by atoms with E-state index in [1.54, 1.807) is 0 Å². The molecule has 0 aliphatic heterocycles. The van der Waals surface area contributed by atoms with Crippen molar-refractivity contribution in [2.75, 3.05) is 13.7 Å². The minimum Gasteiger partial charge on any atom is -0.468 e. The number of benzene rings is 2. The molecule has 0 spiro atoms. The Morgan fingerprint density at radius 3 is 2.25 bits per heavy atom. The van der Waals surface area contributed by atoms with E-state index in [1.165, 1.54) is 5.56 Å². The molecule has 1 aromatic heterocycles. The third-order valence-electron chi connectivity index (χ3n) is 5.52. The number of carbonyl (C=O) groups excluding carboxylic acids is 2. The quantitative estimate of drug-likeness (QED) is 0.346. The Kier molecular flexibility index (Phi) is 9.73. The maximum atomic E-state index is 13.1. The summed E-state index contributed by atoms with van der Waals surface area (Å²) in [5.41, 5.74) is 7.70. The Balaban J connectivity index is 0.000000261. The first kappa shape index (κ1) is 28.0. The molecule has 0 radical (unpaired) electrons. The molecule has 6 nitrogen and oxygen atoms in total. The van der Waals surface area contributed by atoms with Gasteiger partial charge in [-0.2, -0.15) is 0 Å². The van der Waals surface area contributed by atoms with Crippen LogP contribution in [-0.4, -0.2) is 37.2 Å². The monoisotopic (exact) mass is 493 g/mol. The van der Waals surface area contributed by atoms with Gasteiger partial charge in [-0.15, -0.1) is 0 Å². The molecule has 0 unspecified atom stereocenters. The van der Waals surface area contributed by atoms with Gasteiger partial charge in [0.1, 0.15) is 23.7 Å². The van der Waals surface area contributed by atoms with Crippen molar-refractivity contribution in [2.45, 2.75) is 27.7 Å². The predicted octanol–water partition coefficient (Wildman–Crippen LogP) is 5.82. The molecular weight excluding hydrogens is 464 g/mol. The summed E-state index contributed by atoms with van der Waals surface area (Å²) >= 11 is 0. The molecular formula is C28H29F2N3O3. The van der Waals surface area contributed by atoms with Crippen LogP contribution in [-0.2, 0) is 9.53 Å². The fraction of sp³-hybridized carbons (Fsp3) is 0.214. The summed E-state index contributed by atoms with van der Waals surface area (Å²) in [6, 6.07) is 9.36. The fourth-order valence-corrected chi connectivity index (χ4v) is 3.47. The van der Waals surface area contributed by atoms with Crippen molar-refractivity contribution in [3.05, 3.63) is 88.1 Å². The van der Waals surface area contributed by atoms with Crippen LogP contribution in [0.5, 0.6) is 0 Å². The first-order valence-corrected chi connectivity index (χ1v) is 11.0. The van der Waals surface area contributed by atoms with E-state index in [0.717, 1.165) is 64.6 Å². The van der Waals surface area contributed by atoms with Crippen LogP contribution in [0, 0.1) is 39.3 Å². The maximum Gasteiger partial charge on any atom is 0.325 e. The van der Waals surface area contributed by atoms with E-state index in [0.29, 0.717) is 0 Å². The van der Waals surface area contributed by atoms with E-state index in [-0.39, 0.29) is 0 Å². The molecule has 3 rings (SSSR count). The summed E-state index contributed by atoms with van der Waals surface area (Å²) in [6.07, 6.45) is 1.83. The molecule has 188 valence electrons. The number of amides is 1. The predicted molar refractivity (Wildman–Crippen MR) is 139 cm³/mol. The van der Waals surface area contributed by atoms with Gasteiger partial charge < -0.3 is 10.1 Å². The molecule has 8 heteroatoms. The SMILES string of the molecule is C=Cc1c(C)ccc(-c2nc(C)c(C)cc2C)c1N=C.COC(=O)CNC(=O)c1c(F)cccc1F. The van der Waals surface area contributed by atoms with Gasteiger partial charge >= 0.3 is 5.97 Å². The van der Waals surface area contributed by atoms with Gasteiger partial charge in [0.05, 0.1) is 18.5 Å². The van der Waals surface area contributed by atoms with Crippen LogP contribution in [0.3, 0.4) is 0 Å². The molecule has 0 bridgehead atoms. The topological polar surface area (TPSA) is 80.7 Å². The van der Waals surface area contributed by atoms with E-state index < -0.39 is 35.6 Å². The van der Waals surface area contributed by atoms with Gasteiger partial charge in [-0.1, -0.05) is 36.9 Å². The molecule has 0 atom stereocenters. The number of carbonyl (C=O) groups is 2. The maximum absolute atomic E-state index is 13.1. The molecule has 1 N–H and O–H groups in total. The Hall–Kier alpha value is -4.20. The highest BCUT2D eigenvalue weighted by molar-refractivity contribution is 5.96. The molecule has 0 aliphatic carbocycles. The lowest BCUT2D eigenvalue weighted by molar-refractivity contribution is -0.139. The largest absolute Gasteiger partial charge is 0.468 e. The number of nitrogens with zero attached hydrogens (tertiary/aromatic N) is 2. The highest BCUT2D eigenvalue weighted by Gasteiger charge is 2.17. The van der Waals surface area contributed by atoms with Crippen LogP contribution < -0.4 is 5.32 Å². The summed E-state index contributed by atoms with van der Waals surface area (Å²) in [5, 5.41) is 2.04. The van der Waals surface area contributed by atoms with Gasteiger partial charge in [0.15, 0.2) is 0 Å². The second kappa shape index (κ2) is 12.5. The normalized spacial score (nSPS) is 10.1. The van der Waals surface area contributed by atoms with Gasteiger partial charge in [0.25, 0.3) is 5.91 Å². The zero-order chi connectivity index (χ0) is 27.0. The van der Waals surface area contributed by atoms with Crippen LogP contribution in [0.15, 0.2) is 48.0 Å². The van der Waals surface area contributed by atoms with Crippen LogP contribution >= 0.6 is 0 Å². The van der Waals surface area contributed by atoms with E-state index in [4.69, 9.17) is 4.98 Å². The average molecular weight is 494 g/mol. The first-order chi connectivity index (χ1) is 17.0. The Bertz CT molecular complexity index is 1300. The number of pyridine rings is 1. The number of nitrogens with one attached hydrogen (secondary N) is 1. The third-order valence-corrected chi connectivity index (χ3v) is 5.52.